The van der Waals surface area contributed by atoms with Crippen molar-refractivity contribution in [1.29, 1.82) is 0 Å². The smallest absolute Gasteiger partial charge is 0.340 e. The van der Waals surface area contributed by atoms with Crippen molar-refractivity contribution in [3.05, 3.63) is 27.7 Å². The summed E-state index contributed by atoms with van der Waals surface area (Å²) in [7, 11) is 0. The van der Waals surface area contributed by atoms with Gasteiger partial charge in [0.1, 0.15) is 0 Å². The summed E-state index contributed by atoms with van der Waals surface area (Å²) in [4.78, 5) is 25.2. The zero-order chi connectivity index (χ0) is 15.3. The van der Waals surface area contributed by atoms with Gasteiger partial charge in [-0.25, -0.2) is 4.79 Å². The Kier molecular flexibility index (Phi) is 6.10. The number of nitrogen functional groups attached to an aromatic ring is 1. The highest BCUT2D eigenvalue weighted by Gasteiger charge is 2.18. The van der Waals surface area contributed by atoms with Crippen LogP contribution in [0.4, 0.5) is 5.69 Å². The van der Waals surface area contributed by atoms with Gasteiger partial charge in [-0.2, -0.15) is 0 Å². The summed E-state index contributed by atoms with van der Waals surface area (Å²) < 4.78 is 4.94. The molecule has 110 valence electrons. The van der Waals surface area contributed by atoms with Gasteiger partial charge in [-0.05, 0) is 26.0 Å². The van der Waals surface area contributed by atoms with Crippen molar-refractivity contribution in [3.8, 4) is 0 Å². The fourth-order valence-corrected chi connectivity index (χ4v) is 2.05. The number of esters is 1. The molecular weight excluding hydrogens is 303 g/mol. The summed E-state index contributed by atoms with van der Waals surface area (Å²) in [5.74, 6) is -1.00. The summed E-state index contributed by atoms with van der Waals surface area (Å²) in [6, 6.07) is 2.79. The van der Waals surface area contributed by atoms with Crippen LogP contribution in [-0.2, 0) is 9.53 Å². The molecular formula is C13H16Cl2N2O3. The molecule has 0 aliphatic rings. The zero-order valence-corrected chi connectivity index (χ0v) is 12.8. The predicted octanol–water partition coefficient (Wildman–Crippen LogP) is 2.60. The van der Waals surface area contributed by atoms with Gasteiger partial charge in [0.05, 0.1) is 15.6 Å². The monoisotopic (exact) mass is 318 g/mol. The number of hydrogen-bond acceptors (Lipinski definition) is 4. The Labute approximate surface area is 127 Å². The van der Waals surface area contributed by atoms with Gasteiger partial charge in [-0.15, -0.1) is 0 Å². The first-order valence-electron chi connectivity index (χ1n) is 6.10. The van der Waals surface area contributed by atoms with Crippen molar-refractivity contribution in [1.82, 2.24) is 4.90 Å². The molecule has 0 aliphatic carbocycles. The number of halogens is 2. The number of nitrogens with two attached hydrogens (primary N) is 1. The second kappa shape index (κ2) is 7.36. The second-order valence-electron chi connectivity index (χ2n) is 4.01. The summed E-state index contributed by atoms with van der Waals surface area (Å²) in [6.07, 6.45) is 0. The first kappa shape index (κ1) is 16.6. The van der Waals surface area contributed by atoms with Crippen molar-refractivity contribution in [2.75, 3.05) is 25.4 Å². The molecule has 0 spiro atoms. The maximum absolute atomic E-state index is 11.9. The van der Waals surface area contributed by atoms with E-state index in [1.807, 2.05) is 13.8 Å². The number of carbonyl (C=O) groups is 2. The van der Waals surface area contributed by atoms with E-state index < -0.39 is 5.97 Å². The fourth-order valence-electron chi connectivity index (χ4n) is 1.63. The van der Waals surface area contributed by atoms with E-state index in [-0.39, 0.29) is 28.1 Å². The quantitative estimate of drug-likeness (QED) is 0.669. The number of benzene rings is 1. The van der Waals surface area contributed by atoms with Gasteiger partial charge in [0.15, 0.2) is 6.61 Å². The minimum absolute atomic E-state index is 0.0454. The first-order chi connectivity index (χ1) is 9.40. The average Bonchev–Trinajstić information content (AvgIpc) is 2.41. The maximum Gasteiger partial charge on any atom is 0.340 e. The molecule has 1 aromatic carbocycles. The van der Waals surface area contributed by atoms with Gasteiger partial charge < -0.3 is 15.4 Å². The van der Waals surface area contributed by atoms with E-state index >= 15 is 0 Å². The third-order valence-corrected chi connectivity index (χ3v) is 3.52. The lowest BCUT2D eigenvalue weighted by molar-refractivity contribution is -0.134. The Hall–Kier alpha value is -1.46. The van der Waals surface area contributed by atoms with E-state index in [1.54, 1.807) is 4.90 Å². The van der Waals surface area contributed by atoms with Crippen LogP contribution in [0.15, 0.2) is 12.1 Å². The molecule has 7 heteroatoms. The zero-order valence-electron chi connectivity index (χ0n) is 11.3. The first-order valence-corrected chi connectivity index (χ1v) is 6.85. The van der Waals surface area contributed by atoms with Crippen LogP contribution in [0.3, 0.4) is 0 Å². The van der Waals surface area contributed by atoms with E-state index in [1.165, 1.54) is 12.1 Å². The van der Waals surface area contributed by atoms with Gasteiger partial charge in [0, 0.05) is 18.8 Å². The molecule has 0 radical (unpaired) electrons. The molecule has 0 aromatic heterocycles. The second-order valence-corrected chi connectivity index (χ2v) is 4.79. The van der Waals surface area contributed by atoms with E-state index in [9.17, 15) is 9.59 Å². The molecule has 1 aromatic rings. The topological polar surface area (TPSA) is 72.6 Å². The number of carbonyl (C=O) groups excluding carboxylic acids is 2. The highest BCUT2D eigenvalue weighted by atomic mass is 35.5. The van der Waals surface area contributed by atoms with E-state index in [2.05, 4.69) is 0 Å². The minimum atomic E-state index is -0.732. The number of nitrogens with zero attached hydrogens (tertiary/aromatic N) is 1. The number of ether oxygens (including phenoxy) is 1. The largest absolute Gasteiger partial charge is 0.452 e. The third-order valence-electron chi connectivity index (χ3n) is 2.71. The van der Waals surface area contributed by atoms with Crippen molar-refractivity contribution in [2.24, 2.45) is 0 Å². The number of hydrogen-bond donors (Lipinski definition) is 1. The lowest BCUT2D eigenvalue weighted by Gasteiger charge is -2.18. The number of anilines is 1. The molecule has 0 bridgehead atoms. The normalized spacial score (nSPS) is 10.2. The fraction of sp³-hybridized carbons (Fsp3) is 0.385. The van der Waals surface area contributed by atoms with Crippen LogP contribution in [0.25, 0.3) is 0 Å². The lowest BCUT2D eigenvalue weighted by Crippen LogP contribution is -2.34. The molecule has 1 rings (SSSR count). The highest BCUT2D eigenvalue weighted by Crippen LogP contribution is 2.29. The molecule has 0 aliphatic heterocycles. The lowest BCUT2D eigenvalue weighted by atomic mass is 10.2. The average molecular weight is 319 g/mol. The van der Waals surface area contributed by atoms with Crippen LogP contribution in [0.1, 0.15) is 24.2 Å². The molecule has 5 nitrogen and oxygen atoms in total. The Morgan fingerprint density at radius 1 is 1.25 bits per heavy atom. The van der Waals surface area contributed by atoms with Crippen molar-refractivity contribution in [3.63, 3.8) is 0 Å². The van der Waals surface area contributed by atoms with Gasteiger partial charge in [-0.1, -0.05) is 23.2 Å². The van der Waals surface area contributed by atoms with Crippen molar-refractivity contribution >= 4 is 40.8 Å². The van der Waals surface area contributed by atoms with Crippen LogP contribution in [0, 0.1) is 0 Å². The summed E-state index contributed by atoms with van der Waals surface area (Å²) in [5, 5.41) is 0.217. The molecule has 0 fully saturated rings. The molecule has 20 heavy (non-hydrogen) atoms. The number of likely N-dealkylation sites (N-methyl/N-ethyl adjacent to an activating group) is 1. The molecule has 0 atom stereocenters. The van der Waals surface area contributed by atoms with Gasteiger partial charge in [-0.3, -0.25) is 4.79 Å². The summed E-state index contributed by atoms with van der Waals surface area (Å²) in [5.41, 5.74) is 5.93. The van der Waals surface area contributed by atoms with Crippen LogP contribution < -0.4 is 5.73 Å². The molecule has 2 N–H and O–H groups in total. The number of amides is 1. The SMILES string of the molecule is CCN(CC)C(=O)COC(=O)c1cc(N)cc(Cl)c1Cl. The van der Waals surface area contributed by atoms with Crippen LogP contribution >= 0.6 is 23.2 Å². The Bertz CT molecular complexity index is 517. The van der Waals surface area contributed by atoms with E-state index in [4.69, 9.17) is 33.7 Å². The Morgan fingerprint density at radius 2 is 1.85 bits per heavy atom. The van der Waals surface area contributed by atoms with Crippen LogP contribution in [0.2, 0.25) is 10.0 Å². The van der Waals surface area contributed by atoms with Crippen molar-refractivity contribution in [2.45, 2.75) is 13.8 Å². The Morgan fingerprint density at radius 3 is 2.40 bits per heavy atom. The minimum Gasteiger partial charge on any atom is -0.452 e. The van der Waals surface area contributed by atoms with Gasteiger partial charge in [0.2, 0.25) is 0 Å². The van der Waals surface area contributed by atoms with E-state index in [0.29, 0.717) is 18.8 Å². The summed E-state index contributed by atoms with van der Waals surface area (Å²) >= 11 is 11.7. The number of rotatable bonds is 5. The Balaban J connectivity index is 2.75. The molecule has 0 saturated heterocycles. The highest BCUT2D eigenvalue weighted by molar-refractivity contribution is 6.44. The third kappa shape index (κ3) is 4.02. The summed E-state index contributed by atoms with van der Waals surface area (Å²) in [6.45, 7) is 4.45. The molecule has 1 amide bonds. The van der Waals surface area contributed by atoms with Gasteiger partial charge in [0.25, 0.3) is 5.91 Å². The maximum atomic E-state index is 11.9. The van der Waals surface area contributed by atoms with Crippen LogP contribution in [0.5, 0.6) is 0 Å². The van der Waals surface area contributed by atoms with Crippen molar-refractivity contribution < 1.29 is 14.3 Å². The van der Waals surface area contributed by atoms with E-state index in [0.717, 1.165) is 0 Å². The predicted molar refractivity (Wildman–Crippen MR) is 79.1 cm³/mol. The molecule has 0 saturated carbocycles. The van der Waals surface area contributed by atoms with Gasteiger partial charge >= 0.3 is 5.97 Å². The standard InChI is InChI=1S/C13H16Cl2N2O3/c1-3-17(4-2)11(18)7-20-13(19)9-5-8(16)6-10(14)12(9)15/h5-6H,3-4,7,16H2,1-2H3. The molecule has 0 heterocycles. The van der Waals surface area contributed by atoms with Crippen LogP contribution in [-0.4, -0.2) is 36.5 Å². The molecule has 0 unspecified atom stereocenters.